The largest absolute Gasteiger partial charge is 0.305 e. The Morgan fingerprint density at radius 3 is 2.61 bits per heavy atom. The van der Waals surface area contributed by atoms with Gasteiger partial charge < -0.3 is 5.32 Å². The highest BCUT2D eigenvalue weighted by molar-refractivity contribution is 7.09. The van der Waals surface area contributed by atoms with Crippen LogP contribution in [0.4, 0.5) is 0 Å². The van der Waals surface area contributed by atoms with Crippen LogP contribution in [0.5, 0.6) is 0 Å². The lowest BCUT2D eigenvalue weighted by Crippen LogP contribution is -2.15. The molecule has 2 aromatic rings. The molecule has 0 unspecified atom stereocenters. The zero-order chi connectivity index (χ0) is 13.0. The minimum Gasteiger partial charge on any atom is -0.305 e. The van der Waals surface area contributed by atoms with E-state index in [1.165, 1.54) is 5.01 Å². The highest BCUT2D eigenvalue weighted by atomic mass is 32.1. The second-order valence-electron chi connectivity index (χ2n) is 5.21. The van der Waals surface area contributed by atoms with Crippen molar-refractivity contribution in [3.05, 3.63) is 40.1 Å². The van der Waals surface area contributed by atoms with E-state index < -0.39 is 0 Å². The van der Waals surface area contributed by atoms with Crippen LogP contribution in [0.2, 0.25) is 0 Å². The van der Waals surface area contributed by atoms with Crippen LogP contribution in [0.25, 0.3) is 0 Å². The number of thiazole rings is 1. The van der Waals surface area contributed by atoms with E-state index in [9.17, 15) is 0 Å². The summed E-state index contributed by atoms with van der Waals surface area (Å²) in [5.41, 5.74) is 2.17. The average molecular weight is 262 g/mol. The lowest BCUT2D eigenvalue weighted by molar-refractivity contribution is 0.578. The van der Waals surface area contributed by atoms with Crippen LogP contribution in [0.1, 0.15) is 37.2 Å². The average Bonchev–Trinajstić information content (AvgIpc) is 2.79. The van der Waals surface area contributed by atoms with E-state index in [0.29, 0.717) is 0 Å². The first-order valence-electron chi connectivity index (χ1n) is 5.98. The van der Waals surface area contributed by atoms with Gasteiger partial charge in [-0.15, -0.1) is 11.3 Å². The van der Waals surface area contributed by atoms with Crippen molar-refractivity contribution in [3.63, 3.8) is 0 Å². The molecule has 0 aromatic carbocycles. The second-order valence-corrected chi connectivity index (χ2v) is 6.07. The molecule has 0 bridgehead atoms. The van der Waals surface area contributed by atoms with Crippen LogP contribution in [0.3, 0.4) is 0 Å². The summed E-state index contributed by atoms with van der Waals surface area (Å²) in [6.07, 6.45) is 1.68. The Labute approximate surface area is 111 Å². The fourth-order valence-electron chi connectivity index (χ4n) is 1.48. The van der Waals surface area contributed by atoms with E-state index in [4.69, 9.17) is 0 Å². The molecule has 0 aliphatic carbocycles. The van der Waals surface area contributed by atoms with Gasteiger partial charge in [-0.05, 0) is 12.1 Å². The first kappa shape index (κ1) is 13.1. The van der Waals surface area contributed by atoms with Crippen molar-refractivity contribution in [1.82, 2.24) is 20.5 Å². The Morgan fingerprint density at radius 2 is 2.00 bits per heavy atom. The fourth-order valence-corrected chi connectivity index (χ4v) is 2.39. The van der Waals surface area contributed by atoms with Crippen LogP contribution in [-0.2, 0) is 18.5 Å². The summed E-state index contributed by atoms with van der Waals surface area (Å²) in [5.74, 6) is 0. The first-order valence-corrected chi connectivity index (χ1v) is 6.86. The number of rotatable bonds is 4. The van der Waals surface area contributed by atoms with Crippen LogP contribution < -0.4 is 5.32 Å². The van der Waals surface area contributed by atoms with Gasteiger partial charge in [-0.25, -0.2) is 4.98 Å². The molecule has 0 saturated carbocycles. The summed E-state index contributed by atoms with van der Waals surface area (Å²) in [4.78, 5) is 4.63. The molecule has 0 aliphatic rings. The summed E-state index contributed by atoms with van der Waals surface area (Å²) in [5, 5.41) is 14.5. The molecular formula is C13H18N4S. The minimum atomic E-state index is 0.133. The van der Waals surface area contributed by atoms with Crippen molar-refractivity contribution >= 4 is 11.3 Å². The van der Waals surface area contributed by atoms with Gasteiger partial charge in [0, 0.05) is 30.1 Å². The molecule has 5 heteroatoms. The summed E-state index contributed by atoms with van der Waals surface area (Å²) >= 11 is 1.72. The molecule has 4 nitrogen and oxygen atoms in total. The summed E-state index contributed by atoms with van der Waals surface area (Å²) in [6.45, 7) is 8.03. The maximum Gasteiger partial charge on any atom is 0.0982 e. The molecule has 0 radical (unpaired) electrons. The predicted octanol–water partition coefficient (Wildman–Crippen LogP) is 2.52. The van der Waals surface area contributed by atoms with E-state index in [1.54, 1.807) is 17.5 Å². The molecule has 0 saturated heterocycles. The van der Waals surface area contributed by atoms with Gasteiger partial charge >= 0.3 is 0 Å². The van der Waals surface area contributed by atoms with Crippen LogP contribution in [-0.4, -0.2) is 15.2 Å². The van der Waals surface area contributed by atoms with Crippen molar-refractivity contribution in [2.75, 3.05) is 0 Å². The highest BCUT2D eigenvalue weighted by Crippen LogP contribution is 2.25. The zero-order valence-corrected chi connectivity index (χ0v) is 11.8. The molecule has 2 aromatic heterocycles. The Morgan fingerprint density at radius 1 is 1.22 bits per heavy atom. The van der Waals surface area contributed by atoms with E-state index in [-0.39, 0.29) is 5.41 Å². The monoisotopic (exact) mass is 262 g/mol. The number of hydrogen-bond acceptors (Lipinski definition) is 5. The molecular weight excluding hydrogens is 244 g/mol. The molecule has 18 heavy (non-hydrogen) atoms. The molecule has 2 rings (SSSR count). The summed E-state index contributed by atoms with van der Waals surface area (Å²) < 4.78 is 0. The molecule has 96 valence electrons. The summed E-state index contributed by atoms with van der Waals surface area (Å²) in [6, 6.07) is 3.85. The number of aromatic nitrogens is 3. The molecule has 1 N–H and O–H groups in total. The standard InChI is InChI=1S/C13H18N4S/c1-13(2,3)12-16-11(9-18-12)8-14-7-10-5-4-6-15-17-10/h4-6,9,14H,7-8H2,1-3H3. The van der Waals surface area contributed by atoms with Crippen molar-refractivity contribution in [2.45, 2.75) is 39.3 Å². The Balaban J connectivity index is 1.86. The van der Waals surface area contributed by atoms with Crippen LogP contribution >= 0.6 is 11.3 Å². The normalized spacial score (nSPS) is 11.7. The van der Waals surface area contributed by atoms with Gasteiger partial charge in [-0.2, -0.15) is 10.2 Å². The second kappa shape index (κ2) is 5.54. The van der Waals surface area contributed by atoms with Gasteiger partial charge in [-0.3, -0.25) is 0 Å². The third kappa shape index (κ3) is 3.58. The molecule has 0 amide bonds. The third-order valence-electron chi connectivity index (χ3n) is 2.43. The summed E-state index contributed by atoms with van der Waals surface area (Å²) in [7, 11) is 0. The van der Waals surface area contributed by atoms with E-state index >= 15 is 0 Å². The van der Waals surface area contributed by atoms with Gasteiger partial charge in [0.2, 0.25) is 0 Å². The smallest absolute Gasteiger partial charge is 0.0982 e. The van der Waals surface area contributed by atoms with Gasteiger partial charge in [0.1, 0.15) is 0 Å². The SMILES string of the molecule is CC(C)(C)c1nc(CNCc2cccnn2)cs1. The topological polar surface area (TPSA) is 50.7 Å². The lowest BCUT2D eigenvalue weighted by Gasteiger charge is -2.13. The van der Waals surface area contributed by atoms with E-state index in [2.05, 4.69) is 46.6 Å². The van der Waals surface area contributed by atoms with Gasteiger partial charge in [0.25, 0.3) is 0 Å². The molecule has 0 spiro atoms. The maximum atomic E-state index is 4.63. The van der Waals surface area contributed by atoms with Gasteiger partial charge in [0.05, 0.1) is 16.4 Å². The lowest BCUT2D eigenvalue weighted by atomic mass is 9.98. The molecule has 0 atom stereocenters. The maximum absolute atomic E-state index is 4.63. The van der Waals surface area contributed by atoms with E-state index in [0.717, 1.165) is 24.5 Å². The van der Waals surface area contributed by atoms with Crippen molar-refractivity contribution in [2.24, 2.45) is 0 Å². The van der Waals surface area contributed by atoms with Crippen molar-refractivity contribution < 1.29 is 0 Å². The van der Waals surface area contributed by atoms with Gasteiger partial charge in [-0.1, -0.05) is 20.8 Å². The Kier molecular flexibility index (Phi) is 4.04. The van der Waals surface area contributed by atoms with Crippen LogP contribution in [0, 0.1) is 0 Å². The molecule has 0 aliphatic heterocycles. The quantitative estimate of drug-likeness (QED) is 0.920. The predicted molar refractivity (Wildman–Crippen MR) is 73.4 cm³/mol. The van der Waals surface area contributed by atoms with Crippen molar-refractivity contribution in [3.8, 4) is 0 Å². The van der Waals surface area contributed by atoms with Crippen LogP contribution in [0.15, 0.2) is 23.7 Å². The zero-order valence-electron chi connectivity index (χ0n) is 11.0. The van der Waals surface area contributed by atoms with Crippen molar-refractivity contribution in [1.29, 1.82) is 0 Å². The number of nitrogens with one attached hydrogen (secondary N) is 1. The highest BCUT2D eigenvalue weighted by Gasteiger charge is 2.17. The minimum absolute atomic E-state index is 0.133. The number of hydrogen-bond donors (Lipinski definition) is 1. The van der Waals surface area contributed by atoms with Gasteiger partial charge in [0.15, 0.2) is 0 Å². The van der Waals surface area contributed by atoms with E-state index in [1.807, 2.05) is 12.1 Å². The fraction of sp³-hybridized carbons (Fsp3) is 0.462. The number of nitrogens with zero attached hydrogens (tertiary/aromatic N) is 3. The first-order chi connectivity index (χ1) is 8.55. The third-order valence-corrected chi connectivity index (χ3v) is 3.75. The molecule has 2 heterocycles. The Bertz CT molecular complexity index is 487. The molecule has 0 fully saturated rings. The Hall–Kier alpha value is -1.33.